The Morgan fingerprint density at radius 1 is 1.42 bits per heavy atom. The highest BCUT2D eigenvalue weighted by Crippen LogP contribution is 2.21. The molecular formula is C16H22BrNO. The number of piperidine rings is 1. The number of hydrogen-bond acceptors (Lipinski definition) is 1. The van der Waals surface area contributed by atoms with Crippen LogP contribution in [-0.4, -0.2) is 29.2 Å². The molecule has 2 nitrogen and oxygen atoms in total. The minimum Gasteiger partial charge on any atom is -0.342 e. The number of halogens is 1. The van der Waals surface area contributed by atoms with Gasteiger partial charge in [-0.2, -0.15) is 0 Å². The lowest BCUT2D eigenvalue weighted by Crippen LogP contribution is -2.40. The summed E-state index contributed by atoms with van der Waals surface area (Å²) < 4.78 is 0. The van der Waals surface area contributed by atoms with Crippen molar-refractivity contribution in [2.24, 2.45) is 5.92 Å². The van der Waals surface area contributed by atoms with Crippen molar-refractivity contribution >= 4 is 21.8 Å². The Morgan fingerprint density at radius 3 is 2.95 bits per heavy atom. The first-order chi connectivity index (χ1) is 9.20. The third-order valence-corrected chi connectivity index (χ3v) is 4.45. The van der Waals surface area contributed by atoms with Crippen molar-refractivity contribution in [3.63, 3.8) is 0 Å². The van der Waals surface area contributed by atoms with Gasteiger partial charge in [-0.1, -0.05) is 40.2 Å². The Hall–Kier alpha value is -0.830. The van der Waals surface area contributed by atoms with Gasteiger partial charge in [0, 0.05) is 18.4 Å². The molecule has 1 aliphatic rings. The molecule has 0 spiro atoms. The third-order valence-electron chi connectivity index (χ3n) is 3.99. The van der Waals surface area contributed by atoms with Gasteiger partial charge >= 0.3 is 0 Å². The first kappa shape index (κ1) is 14.6. The van der Waals surface area contributed by atoms with Gasteiger partial charge in [0.05, 0.1) is 6.42 Å². The smallest absolute Gasteiger partial charge is 0.227 e. The normalized spacial score (nSPS) is 19.5. The van der Waals surface area contributed by atoms with E-state index >= 15 is 0 Å². The van der Waals surface area contributed by atoms with E-state index in [1.54, 1.807) is 0 Å². The van der Waals surface area contributed by atoms with E-state index in [2.05, 4.69) is 39.9 Å². The molecule has 1 unspecified atom stereocenters. The number of amides is 1. The van der Waals surface area contributed by atoms with Gasteiger partial charge in [0.25, 0.3) is 0 Å². The average Bonchev–Trinajstić information content (AvgIpc) is 2.42. The number of carbonyl (C=O) groups is 1. The van der Waals surface area contributed by atoms with Gasteiger partial charge in [-0.05, 0) is 43.2 Å². The maximum absolute atomic E-state index is 12.4. The molecule has 1 aliphatic heterocycles. The molecule has 0 aliphatic carbocycles. The van der Waals surface area contributed by atoms with Crippen LogP contribution in [0, 0.1) is 12.8 Å². The summed E-state index contributed by atoms with van der Waals surface area (Å²) in [7, 11) is 0. The standard InChI is InChI=1S/C16H22BrNO/c1-13-5-2-3-7-15(13)11-16(19)18-10-4-6-14(12-18)8-9-17/h2-3,5,7,14H,4,6,8-12H2,1H3. The summed E-state index contributed by atoms with van der Waals surface area (Å²) in [4.78, 5) is 14.4. The van der Waals surface area contributed by atoms with Crippen LogP contribution in [0.4, 0.5) is 0 Å². The Kier molecular flexibility index (Phi) is 5.44. The van der Waals surface area contributed by atoms with Crippen molar-refractivity contribution in [2.75, 3.05) is 18.4 Å². The van der Waals surface area contributed by atoms with Gasteiger partial charge < -0.3 is 4.90 Å². The zero-order valence-corrected chi connectivity index (χ0v) is 13.2. The summed E-state index contributed by atoms with van der Waals surface area (Å²) in [6, 6.07) is 8.18. The van der Waals surface area contributed by atoms with E-state index in [0.29, 0.717) is 12.3 Å². The van der Waals surface area contributed by atoms with Gasteiger partial charge in [0.15, 0.2) is 0 Å². The number of hydrogen-bond donors (Lipinski definition) is 0. The second-order valence-corrected chi connectivity index (χ2v) is 6.22. The number of nitrogens with zero attached hydrogens (tertiary/aromatic N) is 1. The fourth-order valence-corrected chi connectivity index (χ4v) is 3.41. The summed E-state index contributed by atoms with van der Waals surface area (Å²) >= 11 is 3.50. The molecule has 0 bridgehead atoms. The molecule has 1 aromatic carbocycles. The van der Waals surface area contributed by atoms with Gasteiger partial charge in [-0.15, -0.1) is 0 Å². The summed E-state index contributed by atoms with van der Waals surface area (Å²) in [6.45, 7) is 3.95. The van der Waals surface area contributed by atoms with Crippen LogP contribution in [-0.2, 0) is 11.2 Å². The largest absolute Gasteiger partial charge is 0.342 e. The van der Waals surface area contributed by atoms with Crippen molar-refractivity contribution in [1.82, 2.24) is 4.90 Å². The highest BCUT2D eigenvalue weighted by atomic mass is 79.9. The number of benzene rings is 1. The van der Waals surface area contributed by atoms with E-state index in [1.165, 1.54) is 18.4 Å². The molecule has 0 N–H and O–H groups in total. The molecule has 0 radical (unpaired) electrons. The quantitative estimate of drug-likeness (QED) is 0.776. The summed E-state index contributed by atoms with van der Waals surface area (Å²) in [5.74, 6) is 0.961. The number of alkyl halides is 1. The molecule has 3 heteroatoms. The zero-order valence-electron chi connectivity index (χ0n) is 11.6. The predicted octanol–water partition coefficient (Wildman–Crippen LogP) is 3.56. The SMILES string of the molecule is Cc1ccccc1CC(=O)N1CCCC(CCBr)C1. The van der Waals surface area contributed by atoms with Gasteiger partial charge in [-0.25, -0.2) is 0 Å². The van der Waals surface area contributed by atoms with E-state index in [9.17, 15) is 4.79 Å². The summed E-state index contributed by atoms with van der Waals surface area (Å²) in [5, 5.41) is 1.04. The van der Waals surface area contributed by atoms with Crippen LogP contribution in [0.2, 0.25) is 0 Å². The second kappa shape index (κ2) is 7.09. The van der Waals surface area contributed by atoms with Crippen LogP contribution in [0.15, 0.2) is 24.3 Å². The van der Waals surface area contributed by atoms with Crippen molar-refractivity contribution in [2.45, 2.75) is 32.6 Å². The first-order valence-electron chi connectivity index (χ1n) is 7.09. The third kappa shape index (κ3) is 4.07. The zero-order chi connectivity index (χ0) is 13.7. The molecule has 1 amide bonds. The van der Waals surface area contributed by atoms with Crippen LogP contribution >= 0.6 is 15.9 Å². The second-order valence-electron chi connectivity index (χ2n) is 5.43. The summed E-state index contributed by atoms with van der Waals surface area (Å²) in [6.07, 6.45) is 4.14. The molecular weight excluding hydrogens is 302 g/mol. The van der Waals surface area contributed by atoms with Crippen molar-refractivity contribution < 1.29 is 4.79 Å². The van der Waals surface area contributed by atoms with Crippen LogP contribution in [0.1, 0.15) is 30.4 Å². The van der Waals surface area contributed by atoms with E-state index < -0.39 is 0 Å². The Labute approximate surface area is 124 Å². The van der Waals surface area contributed by atoms with Crippen LogP contribution < -0.4 is 0 Å². The minimum atomic E-state index is 0.286. The molecule has 1 aromatic rings. The fourth-order valence-electron chi connectivity index (χ4n) is 2.76. The number of likely N-dealkylation sites (tertiary alicyclic amines) is 1. The van der Waals surface area contributed by atoms with Gasteiger partial charge in [0.1, 0.15) is 0 Å². The number of carbonyl (C=O) groups excluding carboxylic acids is 1. The Balaban J connectivity index is 1.94. The molecule has 1 fully saturated rings. The molecule has 1 atom stereocenters. The molecule has 1 saturated heterocycles. The topological polar surface area (TPSA) is 20.3 Å². The van der Waals surface area contributed by atoms with E-state index in [4.69, 9.17) is 0 Å². The molecule has 104 valence electrons. The molecule has 19 heavy (non-hydrogen) atoms. The van der Waals surface area contributed by atoms with Crippen LogP contribution in [0.25, 0.3) is 0 Å². The average molecular weight is 324 g/mol. The van der Waals surface area contributed by atoms with Crippen LogP contribution in [0.5, 0.6) is 0 Å². The lowest BCUT2D eigenvalue weighted by atomic mass is 9.95. The van der Waals surface area contributed by atoms with E-state index in [-0.39, 0.29) is 5.91 Å². The monoisotopic (exact) mass is 323 g/mol. The van der Waals surface area contributed by atoms with Crippen molar-refractivity contribution in [3.05, 3.63) is 35.4 Å². The fraction of sp³-hybridized carbons (Fsp3) is 0.562. The predicted molar refractivity (Wildman–Crippen MR) is 82.6 cm³/mol. The Morgan fingerprint density at radius 2 is 2.21 bits per heavy atom. The van der Waals surface area contributed by atoms with Crippen molar-refractivity contribution in [3.8, 4) is 0 Å². The lowest BCUT2D eigenvalue weighted by Gasteiger charge is -2.32. The van der Waals surface area contributed by atoms with Crippen LogP contribution in [0.3, 0.4) is 0 Å². The number of rotatable bonds is 4. The highest BCUT2D eigenvalue weighted by Gasteiger charge is 2.23. The van der Waals surface area contributed by atoms with Gasteiger partial charge in [-0.3, -0.25) is 4.79 Å². The highest BCUT2D eigenvalue weighted by molar-refractivity contribution is 9.09. The van der Waals surface area contributed by atoms with E-state index in [0.717, 1.165) is 30.4 Å². The molecule has 0 saturated carbocycles. The molecule has 2 rings (SSSR count). The summed E-state index contributed by atoms with van der Waals surface area (Å²) in [5.41, 5.74) is 2.37. The lowest BCUT2D eigenvalue weighted by molar-refractivity contribution is -0.132. The number of aryl methyl sites for hydroxylation is 1. The Bertz CT molecular complexity index is 431. The molecule has 0 aromatic heterocycles. The first-order valence-corrected chi connectivity index (χ1v) is 8.21. The maximum Gasteiger partial charge on any atom is 0.227 e. The maximum atomic E-state index is 12.4. The van der Waals surface area contributed by atoms with E-state index in [1.807, 2.05) is 12.1 Å². The van der Waals surface area contributed by atoms with Gasteiger partial charge in [0.2, 0.25) is 5.91 Å². The molecule has 1 heterocycles. The minimum absolute atomic E-state index is 0.286. The van der Waals surface area contributed by atoms with Crippen molar-refractivity contribution in [1.29, 1.82) is 0 Å².